The largest absolute Gasteiger partial charge is 0.383 e. The van der Waals surface area contributed by atoms with Crippen molar-refractivity contribution in [1.82, 2.24) is 14.8 Å². The minimum atomic E-state index is -0.140. The van der Waals surface area contributed by atoms with E-state index in [2.05, 4.69) is 21.5 Å². The van der Waals surface area contributed by atoms with Crippen LogP contribution in [0.5, 0.6) is 0 Å². The Morgan fingerprint density at radius 1 is 1.27 bits per heavy atom. The second kappa shape index (κ2) is 6.69. The first kappa shape index (κ1) is 17.2. The Hall–Kier alpha value is -3.66. The lowest BCUT2D eigenvalue weighted by Crippen LogP contribution is -2.05. The average molecular weight is 346 g/mol. The zero-order valence-electron chi connectivity index (χ0n) is 14.7. The number of anilines is 2. The number of carbonyl (C=O) groups is 1. The third kappa shape index (κ3) is 3.13. The molecule has 3 N–H and O–H groups in total. The minimum absolute atomic E-state index is 0.140. The molecular weight excluding hydrogens is 328 g/mol. The van der Waals surface area contributed by atoms with Gasteiger partial charge in [-0.05, 0) is 30.2 Å². The molecule has 26 heavy (non-hydrogen) atoms. The zero-order chi connectivity index (χ0) is 18.8. The van der Waals surface area contributed by atoms with E-state index in [0.717, 1.165) is 22.3 Å². The van der Waals surface area contributed by atoms with Crippen molar-refractivity contribution in [2.45, 2.75) is 13.8 Å². The molecule has 2 aromatic heterocycles. The van der Waals surface area contributed by atoms with Gasteiger partial charge in [0, 0.05) is 37.0 Å². The van der Waals surface area contributed by atoms with E-state index in [1.165, 1.54) is 6.92 Å². The first-order valence-electron chi connectivity index (χ1n) is 7.98. The summed E-state index contributed by atoms with van der Waals surface area (Å²) >= 11 is 0. The van der Waals surface area contributed by atoms with Crippen LogP contribution >= 0.6 is 0 Å². The molecule has 2 heterocycles. The van der Waals surface area contributed by atoms with E-state index in [0.29, 0.717) is 16.9 Å². The smallest absolute Gasteiger partial charge is 0.221 e. The normalized spacial score (nSPS) is 10.4. The van der Waals surface area contributed by atoms with Crippen molar-refractivity contribution in [3.63, 3.8) is 0 Å². The second-order valence-corrected chi connectivity index (χ2v) is 5.99. The second-order valence-electron chi connectivity index (χ2n) is 5.99. The van der Waals surface area contributed by atoms with Crippen LogP contribution in [0, 0.1) is 18.3 Å². The van der Waals surface area contributed by atoms with Gasteiger partial charge in [0.15, 0.2) is 0 Å². The highest BCUT2D eigenvalue weighted by atomic mass is 16.1. The summed E-state index contributed by atoms with van der Waals surface area (Å²) in [7, 11) is 1.83. The Morgan fingerprint density at radius 2 is 1.96 bits per heavy atom. The lowest BCUT2D eigenvalue weighted by Gasteiger charge is -2.14. The van der Waals surface area contributed by atoms with E-state index in [1.807, 2.05) is 32.3 Å². The Morgan fingerprint density at radius 3 is 2.50 bits per heavy atom. The van der Waals surface area contributed by atoms with Crippen molar-refractivity contribution in [3.8, 4) is 28.5 Å². The average Bonchev–Trinajstić information content (AvgIpc) is 3.03. The van der Waals surface area contributed by atoms with Crippen molar-refractivity contribution in [1.29, 1.82) is 5.26 Å². The van der Waals surface area contributed by atoms with E-state index in [4.69, 9.17) is 5.73 Å². The van der Waals surface area contributed by atoms with Gasteiger partial charge in [-0.3, -0.25) is 9.48 Å². The predicted octanol–water partition coefficient (Wildman–Crippen LogP) is 2.87. The van der Waals surface area contributed by atoms with Gasteiger partial charge in [-0.25, -0.2) is 4.98 Å². The van der Waals surface area contributed by atoms with Crippen molar-refractivity contribution in [2.24, 2.45) is 7.05 Å². The summed E-state index contributed by atoms with van der Waals surface area (Å²) in [5.74, 6) is 0.0385. The number of rotatable bonds is 3. The monoisotopic (exact) mass is 346 g/mol. The molecule has 0 bridgehead atoms. The molecule has 3 rings (SSSR count). The van der Waals surface area contributed by atoms with Gasteiger partial charge in [0.1, 0.15) is 17.5 Å². The van der Waals surface area contributed by atoms with Crippen LogP contribution in [0.15, 0.2) is 36.7 Å². The highest BCUT2D eigenvalue weighted by molar-refractivity contribution is 5.90. The summed E-state index contributed by atoms with van der Waals surface area (Å²) in [6.45, 7) is 3.36. The standard InChI is InChI=1S/C19H18N6O/c1-11-17(13-4-6-15(7-5-13)23-12(2)26)16(8-20)19(21)24-18(11)14-9-22-25(3)10-14/h4-7,9-10H,1-3H3,(H2,21,24)(H,23,26). The fourth-order valence-electron chi connectivity index (χ4n) is 2.92. The number of nitrogens with one attached hydrogen (secondary N) is 1. The number of nitriles is 1. The van der Waals surface area contributed by atoms with E-state index < -0.39 is 0 Å². The van der Waals surface area contributed by atoms with Crippen molar-refractivity contribution < 1.29 is 4.79 Å². The van der Waals surface area contributed by atoms with Crippen LogP contribution in [0.4, 0.5) is 11.5 Å². The molecule has 0 fully saturated rings. The van der Waals surface area contributed by atoms with Crippen LogP contribution in [0.1, 0.15) is 18.1 Å². The number of nitrogens with two attached hydrogens (primary N) is 1. The number of benzene rings is 1. The third-order valence-electron chi connectivity index (χ3n) is 4.05. The lowest BCUT2D eigenvalue weighted by atomic mass is 9.93. The predicted molar refractivity (Wildman–Crippen MR) is 100 cm³/mol. The SMILES string of the molecule is CC(=O)Nc1ccc(-c2c(C)c(-c3cnn(C)c3)nc(N)c2C#N)cc1. The quantitative estimate of drug-likeness (QED) is 0.758. The van der Waals surface area contributed by atoms with Crippen molar-refractivity contribution >= 4 is 17.4 Å². The fourth-order valence-corrected chi connectivity index (χ4v) is 2.92. The van der Waals surface area contributed by atoms with Crippen LogP contribution in [0.25, 0.3) is 22.4 Å². The fraction of sp³-hybridized carbons (Fsp3) is 0.158. The van der Waals surface area contributed by atoms with Gasteiger partial charge in [-0.2, -0.15) is 10.4 Å². The van der Waals surface area contributed by atoms with Gasteiger partial charge < -0.3 is 11.1 Å². The molecule has 3 aromatic rings. The summed E-state index contributed by atoms with van der Waals surface area (Å²) < 4.78 is 1.69. The maximum atomic E-state index is 11.2. The Kier molecular flexibility index (Phi) is 4.42. The van der Waals surface area contributed by atoms with E-state index in [1.54, 1.807) is 23.0 Å². The number of nitrogen functional groups attached to an aromatic ring is 1. The number of aromatic nitrogens is 3. The summed E-state index contributed by atoms with van der Waals surface area (Å²) in [6.07, 6.45) is 3.56. The van der Waals surface area contributed by atoms with Gasteiger partial charge in [-0.15, -0.1) is 0 Å². The highest BCUT2D eigenvalue weighted by Crippen LogP contribution is 2.35. The number of amides is 1. The number of hydrogen-bond donors (Lipinski definition) is 2. The van der Waals surface area contributed by atoms with Crippen LogP contribution in [0.2, 0.25) is 0 Å². The molecule has 0 aliphatic carbocycles. The van der Waals surface area contributed by atoms with E-state index >= 15 is 0 Å². The molecule has 7 nitrogen and oxygen atoms in total. The third-order valence-corrected chi connectivity index (χ3v) is 4.05. The lowest BCUT2D eigenvalue weighted by molar-refractivity contribution is -0.114. The van der Waals surface area contributed by atoms with Crippen LogP contribution in [-0.4, -0.2) is 20.7 Å². The van der Waals surface area contributed by atoms with Gasteiger partial charge in [-0.1, -0.05) is 12.1 Å². The van der Waals surface area contributed by atoms with E-state index in [-0.39, 0.29) is 11.7 Å². The highest BCUT2D eigenvalue weighted by Gasteiger charge is 2.19. The van der Waals surface area contributed by atoms with Crippen molar-refractivity contribution in [2.75, 3.05) is 11.1 Å². The Labute approximate surface area is 151 Å². The molecule has 0 saturated carbocycles. The number of aryl methyl sites for hydroxylation is 1. The molecule has 1 amide bonds. The first-order valence-corrected chi connectivity index (χ1v) is 7.98. The number of hydrogen-bond acceptors (Lipinski definition) is 5. The van der Waals surface area contributed by atoms with Crippen molar-refractivity contribution in [3.05, 3.63) is 47.8 Å². The number of carbonyl (C=O) groups excluding carboxylic acids is 1. The van der Waals surface area contributed by atoms with Crippen LogP contribution in [0.3, 0.4) is 0 Å². The zero-order valence-corrected chi connectivity index (χ0v) is 14.7. The van der Waals surface area contributed by atoms with Crippen LogP contribution < -0.4 is 11.1 Å². The molecule has 7 heteroatoms. The Bertz CT molecular complexity index is 1030. The molecule has 0 atom stereocenters. The van der Waals surface area contributed by atoms with Gasteiger partial charge in [0.2, 0.25) is 5.91 Å². The van der Waals surface area contributed by atoms with Gasteiger partial charge >= 0.3 is 0 Å². The molecular formula is C19H18N6O. The van der Waals surface area contributed by atoms with Crippen LogP contribution in [-0.2, 0) is 11.8 Å². The summed E-state index contributed by atoms with van der Waals surface area (Å²) in [5.41, 5.74) is 11.0. The molecule has 0 radical (unpaired) electrons. The number of pyridine rings is 1. The van der Waals surface area contributed by atoms with Gasteiger partial charge in [0.25, 0.3) is 0 Å². The molecule has 0 aliphatic rings. The van der Waals surface area contributed by atoms with Gasteiger partial charge in [0.05, 0.1) is 11.9 Å². The molecule has 0 saturated heterocycles. The molecule has 130 valence electrons. The topological polar surface area (TPSA) is 110 Å². The molecule has 1 aromatic carbocycles. The Balaban J connectivity index is 2.18. The molecule has 0 spiro atoms. The van der Waals surface area contributed by atoms with E-state index in [9.17, 15) is 10.1 Å². The summed E-state index contributed by atoms with van der Waals surface area (Å²) in [4.78, 5) is 15.6. The minimum Gasteiger partial charge on any atom is -0.383 e. The maximum Gasteiger partial charge on any atom is 0.221 e. The first-order chi connectivity index (χ1) is 12.4. The molecule has 0 aliphatic heterocycles. The maximum absolute atomic E-state index is 11.2. The summed E-state index contributed by atoms with van der Waals surface area (Å²) in [5, 5.41) is 16.5. The summed E-state index contributed by atoms with van der Waals surface area (Å²) in [6, 6.07) is 9.43. The number of nitrogens with zero attached hydrogens (tertiary/aromatic N) is 4. The molecule has 0 unspecified atom stereocenters.